The molecule has 1 amide bonds. The Balaban J connectivity index is 1.41. The van der Waals surface area contributed by atoms with Crippen LogP contribution in [0.1, 0.15) is 29.6 Å². The predicted octanol–water partition coefficient (Wildman–Crippen LogP) is 5.21. The molecule has 2 aromatic carbocycles. The molecule has 148 valence electrons. The lowest BCUT2D eigenvalue weighted by molar-refractivity contribution is 0.102. The zero-order valence-corrected chi connectivity index (χ0v) is 16.1. The molecule has 0 unspecified atom stereocenters. The first kappa shape index (κ1) is 18.9. The van der Waals surface area contributed by atoms with Crippen molar-refractivity contribution in [3.63, 3.8) is 0 Å². The number of piperidine rings is 1. The van der Waals surface area contributed by atoms with Gasteiger partial charge in [0.1, 0.15) is 11.6 Å². The van der Waals surface area contributed by atoms with E-state index in [-0.39, 0.29) is 11.7 Å². The van der Waals surface area contributed by atoms with E-state index in [1.165, 1.54) is 49.2 Å². The maximum atomic E-state index is 13.0. The van der Waals surface area contributed by atoms with Crippen molar-refractivity contribution >= 4 is 28.8 Å². The molecular formula is C23H23FN4O. The zero-order valence-electron chi connectivity index (χ0n) is 16.1. The van der Waals surface area contributed by atoms with Gasteiger partial charge in [-0.15, -0.1) is 0 Å². The fourth-order valence-electron chi connectivity index (χ4n) is 3.43. The lowest BCUT2D eigenvalue weighted by Gasteiger charge is -2.28. The number of carbonyl (C=O) groups is 1. The second-order valence-electron chi connectivity index (χ2n) is 7.11. The van der Waals surface area contributed by atoms with Gasteiger partial charge in [0.2, 0.25) is 0 Å². The first-order valence-corrected chi connectivity index (χ1v) is 9.82. The highest BCUT2D eigenvalue weighted by atomic mass is 19.1. The van der Waals surface area contributed by atoms with Crippen LogP contribution in [0.25, 0.3) is 0 Å². The predicted molar refractivity (Wildman–Crippen MR) is 114 cm³/mol. The van der Waals surface area contributed by atoms with E-state index in [1.54, 1.807) is 18.3 Å². The van der Waals surface area contributed by atoms with Crippen LogP contribution in [0.3, 0.4) is 0 Å². The van der Waals surface area contributed by atoms with Crippen molar-refractivity contribution in [1.29, 1.82) is 0 Å². The molecule has 1 aliphatic heterocycles. The van der Waals surface area contributed by atoms with Crippen LogP contribution in [0.2, 0.25) is 0 Å². The molecule has 0 radical (unpaired) electrons. The molecule has 0 aliphatic carbocycles. The number of halogens is 1. The van der Waals surface area contributed by atoms with E-state index < -0.39 is 0 Å². The summed E-state index contributed by atoms with van der Waals surface area (Å²) in [6.07, 6.45) is 5.39. The van der Waals surface area contributed by atoms with Crippen molar-refractivity contribution in [2.24, 2.45) is 0 Å². The molecule has 2 N–H and O–H groups in total. The topological polar surface area (TPSA) is 57.3 Å². The van der Waals surface area contributed by atoms with E-state index in [9.17, 15) is 9.18 Å². The minimum Gasteiger partial charge on any atom is -0.372 e. The number of pyridine rings is 1. The molecule has 0 saturated carbocycles. The molecule has 4 rings (SSSR count). The van der Waals surface area contributed by atoms with Gasteiger partial charge in [0.15, 0.2) is 0 Å². The lowest BCUT2D eigenvalue weighted by atomic mass is 10.1. The van der Waals surface area contributed by atoms with Gasteiger partial charge in [-0.3, -0.25) is 4.79 Å². The summed E-state index contributed by atoms with van der Waals surface area (Å²) in [6.45, 7) is 2.22. The highest BCUT2D eigenvalue weighted by Gasteiger charge is 2.11. The highest BCUT2D eigenvalue weighted by Crippen LogP contribution is 2.23. The molecule has 1 aromatic heterocycles. The van der Waals surface area contributed by atoms with E-state index in [0.717, 1.165) is 18.8 Å². The maximum absolute atomic E-state index is 13.0. The summed E-state index contributed by atoms with van der Waals surface area (Å²) in [7, 11) is 0. The average Bonchev–Trinajstić information content (AvgIpc) is 2.77. The minimum absolute atomic E-state index is 0.275. The Kier molecular flexibility index (Phi) is 5.70. The summed E-state index contributed by atoms with van der Waals surface area (Å²) < 4.78 is 13.0. The molecule has 3 aromatic rings. The van der Waals surface area contributed by atoms with Gasteiger partial charge >= 0.3 is 0 Å². The fourth-order valence-corrected chi connectivity index (χ4v) is 3.43. The lowest BCUT2D eigenvalue weighted by Crippen LogP contribution is -2.29. The van der Waals surface area contributed by atoms with Gasteiger partial charge in [-0.05, 0) is 79.9 Å². The van der Waals surface area contributed by atoms with Crippen LogP contribution in [-0.4, -0.2) is 24.0 Å². The second kappa shape index (κ2) is 8.73. The van der Waals surface area contributed by atoms with Crippen molar-refractivity contribution in [3.8, 4) is 0 Å². The van der Waals surface area contributed by atoms with E-state index >= 15 is 0 Å². The number of hydrogen-bond donors (Lipinski definition) is 2. The third-order valence-corrected chi connectivity index (χ3v) is 4.99. The maximum Gasteiger partial charge on any atom is 0.255 e. The van der Waals surface area contributed by atoms with Crippen LogP contribution in [0.4, 0.5) is 27.3 Å². The van der Waals surface area contributed by atoms with Gasteiger partial charge in [-0.1, -0.05) is 0 Å². The van der Waals surface area contributed by atoms with Crippen molar-refractivity contribution in [2.75, 3.05) is 28.6 Å². The van der Waals surface area contributed by atoms with Gasteiger partial charge < -0.3 is 15.5 Å². The summed E-state index contributed by atoms with van der Waals surface area (Å²) in [6, 6.07) is 17.3. The molecule has 1 saturated heterocycles. The third-order valence-electron chi connectivity index (χ3n) is 4.99. The summed E-state index contributed by atoms with van der Waals surface area (Å²) in [5, 5.41) is 6.00. The second-order valence-corrected chi connectivity index (χ2v) is 7.11. The molecule has 0 spiro atoms. The molecule has 0 bridgehead atoms. The van der Waals surface area contributed by atoms with Crippen LogP contribution in [0.5, 0.6) is 0 Å². The van der Waals surface area contributed by atoms with Gasteiger partial charge in [-0.2, -0.15) is 0 Å². The quantitative estimate of drug-likeness (QED) is 0.628. The van der Waals surface area contributed by atoms with Crippen molar-refractivity contribution < 1.29 is 9.18 Å². The number of benzene rings is 2. The number of nitrogens with zero attached hydrogens (tertiary/aromatic N) is 2. The van der Waals surface area contributed by atoms with Gasteiger partial charge in [0, 0.05) is 41.9 Å². The number of anilines is 4. The monoisotopic (exact) mass is 390 g/mol. The minimum atomic E-state index is -0.343. The molecule has 0 atom stereocenters. The van der Waals surface area contributed by atoms with Crippen LogP contribution in [-0.2, 0) is 0 Å². The van der Waals surface area contributed by atoms with Crippen LogP contribution in [0.15, 0.2) is 66.9 Å². The van der Waals surface area contributed by atoms with E-state index in [4.69, 9.17) is 0 Å². The Hall–Kier alpha value is -3.41. The van der Waals surface area contributed by atoms with Gasteiger partial charge in [-0.25, -0.2) is 9.37 Å². The number of hydrogen-bond acceptors (Lipinski definition) is 4. The summed E-state index contributed by atoms with van der Waals surface area (Å²) in [5.41, 5.74) is 3.15. The fraction of sp³-hybridized carbons (Fsp3) is 0.217. The Bertz CT molecular complexity index is 967. The van der Waals surface area contributed by atoms with E-state index in [2.05, 4.69) is 32.7 Å². The van der Waals surface area contributed by atoms with Crippen LogP contribution < -0.4 is 15.5 Å². The molecule has 2 heterocycles. The van der Waals surface area contributed by atoms with Crippen molar-refractivity contribution in [3.05, 3.63) is 78.2 Å². The molecule has 1 fully saturated rings. The SMILES string of the molecule is O=C(Nc1ccc(F)cc1)c1ccnc(Nc2ccc(N3CCCCC3)cc2)c1. The highest BCUT2D eigenvalue weighted by molar-refractivity contribution is 6.04. The first-order valence-electron chi connectivity index (χ1n) is 9.82. The van der Waals surface area contributed by atoms with Gasteiger partial charge in [0.25, 0.3) is 5.91 Å². The number of aromatic nitrogens is 1. The normalized spacial score (nSPS) is 13.8. The number of rotatable bonds is 5. The molecule has 1 aliphatic rings. The largest absolute Gasteiger partial charge is 0.372 e. The third kappa shape index (κ3) is 4.90. The summed E-state index contributed by atoms with van der Waals surface area (Å²) >= 11 is 0. The summed E-state index contributed by atoms with van der Waals surface area (Å²) in [4.78, 5) is 19.2. The van der Waals surface area contributed by atoms with Crippen LogP contribution >= 0.6 is 0 Å². The van der Waals surface area contributed by atoms with Gasteiger partial charge in [0.05, 0.1) is 0 Å². The van der Waals surface area contributed by atoms with Crippen molar-refractivity contribution in [1.82, 2.24) is 4.98 Å². The number of nitrogens with one attached hydrogen (secondary N) is 2. The average molecular weight is 390 g/mol. The standard InChI is InChI=1S/C23H23FN4O/c24-18-4-6-20(7-5-18)27-23(29)17-12-13-25-22(16-17)26-19-8-10-21(11-9-19)28-14-2-1-3-15-28/h4-13,16H,1-3,14-15H2,(H,25,26)(H,27,29). The molecular weight excluding hydrogens is 367 g/mol. The number of amides is 1. The van der Waals surface area contributed by atoms with Crippen molar-refractivity contribution in [2.45, 2.75) is 19.3 Å². The molecule has 5 nitrogen and oxygen atoms in total. The Labute approximate surface area is 169 Å². The Morgan fingerprint density at radius 3 is 2.31 bits per heavy atom. The Morgan fingerprint density at radius 2 is 1.59 bits per heavy atom. The molecule has 29 heavy (non-hydrogen) atoms. The smallest absolute Gasteiger partial charge is 0.255 e. The van der Waals surface area contributed by atoms with Crippen LogP contribution in [0, 0.1) is 5.82 Å². The first-order chi connectivity index (χ1) is 14.2. The van der Waals surface area contributed by atoms with E-state index in [0.29, 0.717) is 17.1 Å². The van der Waals surface area contributed by atoms with E-state index in [1.807, 2.05) is 12.1 Å². The zero-order chi connectivity index (χ0) is 20.1. The number of carbonyl (C=O) groups excluding carboxylic acids is 1. The molecule has 6 heteroatoms. The Morgan fingerprint density at radius 1 is 0.897 bits per heavy atom. The summed E-state index contributed by atoms with van der Waals surface area (Å²) in [5.74, 6) is -0.0327.